The molecule has 0 aliphatic carbocycles. The molecule has 0 unspecified atom stereocenters. The molecule has 1 rings (SSSR count). The molecule has 0 aromatic rings. The third-order valence-corrected chi connectivity index (χ3v) is 5.98. The highest BCUT2D eigenvalue weighted by atomic mass is 31.3. The van der Waals surface area contributed by atoms with Gasteiger partial charge in [-0.3, -0.25) is 0 Å². The van der Waals surface area contributed by atoms with Crippen molar-refractivity contribution in [2.45, 2.75) is 0 Å². The van der Waals surface area contributed by atoms with E-state index in [4.69, 9.17) is 30.2 Å². The van der Waals surface area contributed by atoms with Gasteiger partial charge >= 0.3 is 23.2 Å². The van der Waals surface area contributed by atoms with Gasteiger partial charge in [-0.2, -0.15) is 0 Å². The molecular formula is H6N3O6P3. The van der Waals surface area contributed by atoms with Crippen molar-refractivity contribution < 1.29 is 27.6 Å². The Morgan fingerprint density at radius 1 is 0.667 bits per heavy atom. The molecule has 0 amide bonds. The van der Waals surface area contributed by atoms with Crippen LogP contribution < -0.4 is 0 Å². The van der Waals surface area contributed by atoms with E-state index in [1.165, 1.54) is 0 Å². The number of hydrogen-bond acceptors (Lipinski definition) is 6. The lowest BCUT2D eigenvalue weighted by atomic mass is 14.0. The number of hydrogen-bond donors (Lipinski definition) is 6. The fourth-order valence-corrected chi connectivity index (χ4v) is 5.26. The van der Waals surface area contributed by atoms with Crippen LogP contribution in [-0.2, 0) is 12.9 Å². The van der Waals surface area contributed by atoms with E-state index in [9.17, 15) is 0 Å². The molecule has 0 bridgehead atoms. The van der Waals surface area contributed by atoms with Crippen LogP contribution in [0.25, 0.3) is 0 Å². The Bertz CT molecular complexity index is 263. The highest BCUT2D eigenvalue weighted by molar-refractivity contribution is 7.75. The summed E-state index contributed by atoms with van der Waals surface area (Å²) in [5.41, 5.74) is 0. The lowest BCUT2D eigenvalue weighted by Crippen LogP contribution is -2.01. The Morgan fingerprint density at radius 2 is 0.833 bits per heavy atom. The molecule has 1 aliphatic rings. The maximum Gasteiger partial charge on any atom is 0.365 e. The molecule has 72 valence electrons. The van der Waals surface area contributed by atoms with Gasteiger partial charge in [0, 0.05) is 0 Å². The van der Waals surface area contributed by atoms with Crippen LogP contribution in [0.1, 0.15) is 0 Å². The molecule has 12 heavy (non-hydrogen) atoms. The molecule has 0 saturated carbocycles. The predicted molar refractivity (Wildman–Crippen MR) is 38.8 cm³/mol. The third-order valence-electron chi connectivity index (χ3n) is 0.664. The first kappa shape index (κ1) is 10.5. The van der Waals surface area contributed by atoms with Crippen molar-refractivity contribution >= 4 is 23.2 Å². The molecule has 0 aromatic heterocycles. The van der Waals surface area contributed by atoms with E-state index in [1.54, 1.807) is 0 Å². The summed E-state index contributed by atoms with van der Waals surface area (Å²) in [5, 5.41) is 20.3. The zero-order valence-electron chi connectivity index (χ0n) is 5.41. The van der Waals surface area contributed by atoms with Crippen molar-refractivity contribution in [2.75, 3.05) is 0 Å². The Kier molecular flexibility index (Phi) is 2.38. The second kappa shape index (κ2) is 2.72. The van der Waals surface area contributed by atoms with Crippen molar-refractivity contribution in [1.82, 2.24) is 0 Å². The van der Waals surface area contributed by atoms with Crippen LogP contribution in [0.2, 0.25) is 0 Å². The molecule has 6 N–H and O–H groups in total. The van der Waals surface area contributed by atoms with Gasteiger partial charge in [-0.15, -0.1) is 0 Å². The van der Waals surface area contributed by atoms with Gasteiger partial charge in [0.05, 0.1) is 0 Å². The molecule has 1 heterocycles. The van der Waals surface area contributed by atoms with Crippen LogP contribution in [0.4, 0.5) is 0 Å². The van der Waals surface area contributed by atoms with Gasteiger partial charge < -0.3 is 14.7 Å². The van der Waals surface area contributed by atoms with Crippen LogP contribution in [0.15, 0.2) is 0 Å². The van der Waals surface area contributed by atoms with E-state index in [0.717, 1.165) is 0 Å². The first-order valence-electron chi connectivity index (χ1n) is 2.37. The summed E-state index contributed by atoms with van der Waals surface area (Å²) >= 11 is 0. The van der Waals surface area contributed by atoms with Crippen molar-refractivity contribution in [1.29, 1.82) is 15.5 Å². The van der Waals surface area contributed by atoms with Gasteiger partial charge in [0.1, 0.15) is 0 Å². The van der Waals surface area contributed by atoms with Crippen LogP contribution in [0, 0.1) is 15.5 Å². The van der Waals surface area contributed by atoms with Gasteiger partial charge in [0.15, 0.2) is 0 Å². The average molecular weight is 237 g/mol. The minimum Gasteiger partial charge on any atom is -0.318 e. The topological polar surface area (TPSA) is 160 Å². The molecule has 0 radical (unpaired) electrons. The largest absolute Gasteiger partial charge is 0.365 e. The molecule has 9 nitrogen and oxygen atoms in total. The number of rotatable bonds is 0. The van der Waals surface area contributed by atoms with Crippen molar-refractivity contribution in [3.8, 4) is 0 Å². The van der Waals surface area contributed by atoms with Crippen LogP contribution >= 0.6 is 23.2 Å². The van der Waals surface area contributed by atoms with Crippen LogP contribution in [0.5, 0.6) is 0 Å². The maximum atomic E-state index is 8.79. The lowest BCUT2D eigenvalue weighted by molar-refractivity contribution is 0.234. The Morgan fingerprint density at radius 3 is 1.00 bits per heavy atom. The van der Waals surface area contributed by atoms with E-state index in [0.29, 0.717) is 0 Å². The molecular weight excluding hydrogens is 231 g/mol. The summed E-state index contributed by atoms with van der Waals surface area (Å²) in [4.78, 5) is 26.4. The summed E-state index contributed by atoms with van der Waals surface area (Å²) in [6, 6.07) is 0. The molecule has 1 fully saturated rings. The van der Waals surface area contributed by atoms with Gasteiger partial charge in [0.25, 0.3) is 0 Å². The van der Waals surface area contributed by atoms with Gasteiger partial charge in [0.2, 0.25) is 0 Å². The summed E-state index contributed by atoms with van der Waals surface area (Å²) in [6.45, 7) is 0. The second-order valence-corrected chi connectivity index (χ2v) is 6.89. The van der Waals surface area contributed by atoms with Crippen molar-refractivity contribution in [2.24, 2.45) is 0 Å². The van der Waals surface area contributed by atoms with Gasteiger partial charge in [-0.1, -0.05) is 0 Å². The van der Waals surface area contributed by atoms with Crippen molar-refractivity contribution in [3.63, 3.8) is 0 Å². The Labute approximate surface area is 67.2 Å². The van der Waals surface area contributed by atoms with E-state index in [1.807, 2.05) is 0 Å². The molecule has 1 aliphatic heterocycles. The highest BCUT2D eigenvalue weighted by Gasteiger charge is 2.43. The second-order valence-electron chi connectivity index (χ2n) is 1.81. The molecule has 0 atom stereocenters. The third kappa shape index (κ3) is 2.74. The monoisotopic (exact) mass is 237 g/mol. The first-order chi connectivity index (χ1) is 5.12. The zero-order valence-corrected chi connectivity index (χ0v) is 8.09. The minimum atomic E-state index is -4.23. The van der Waals surface area contributed by atoms with E-state index < -0.39 is 23.2 Å². The van der Waals surface area contributed by atoms with Crippen molar-refractivity contribution in [3.05, 3.63) is 0 Å². The summed E-state index contributed by atoms with van der Waals surface area (Å²) < 4.78 is 11.9. The standard InChI is InChI=1S/H6N3O6P3/c1-10(4)7-11(2,5)9-12(3,6)8-10/h(H2,1,4)(H2,2,5)(H2,3,6). The predicted octanol–water partition coefficient (Wildman–Crippen LogP) is 1.60. The first-order valence-corrected chi connectivity index (χ1v) is 7.10. The SMILES string of the molecule is N=P1(O)OP(=N)(O)OP(=N)(O)O1. The van der Waals surface area contributed by atoms with Gasteiger partial charge in [-0.25, -0.2) is 28.4 Å². The summed E-state index contributed by atoms with van der Waals surface area (Å²) in [7, 11) is -12.7. The number of nitrogens with one attached hydrogen (secondary N) is 3. The average Bonchev–Trinajstić information content (AvgIpc) is 1.44. The Balaban J connectivity index is 3.05. The van der Waals surface area contributed by atoms with Crippen LogP contribution in [0.3, 0.4) is 0 Å². The fraction of sp³-hybridized carbons (Fsp3) is 0. The molecule has 0 aromatic carbocycles. The highest BCUT2D eigenvalue weighted by Crippen LogP contribution is 2.78. The smallest absolute Gasteiger partial charge is 0.318 e. The zero-order chi connectivity index (χ0) is 9.62. The Hall–Kier alpha value is 0.450. The summed E-state index contributed by atoms with van der Waals surface area (Å²) in [6.07, 6.45) is 0. The summed E-state index contributed by atoms with van der Waals surface area (Å²) in [5.74, 6) is 0. The molecule has 0 spiro atoms. The minimum absolute atomic E-state index is 3.97. The van der Waals surface area contributed by atoms with E-state index in [-0.39, 0.29) is 0 Å². The molecule has 12 heteroatoms. The quantitative estimate of drug-likeness (QED) is 0.350. The molecule has 1 saturated heterocycles. The van der Waals surface area contributed by atoms with E-state index in [2.05, 4.69) is 12.9 Å². The lowest BCUT2D eigenvalue weighted by Gasteiger charge is -2.30. The van der Waals surface area contributed by atoms with E-state index >= 15 is 0 Å². The van der Waals surface area contributed by atoms with Crippen LogP contribution in [-0.4, -0.2) is 14.7 Å². The normalized spacial score (nSPS) is 55.2. The van der Waals surface area contributed by atoms with Gasteiger partial charge in [-0.05, 0) is 0 Å². The maximum absolute atomic E-state index is 8.79. The fourth-order valence-electron chi connectivity index (χ4n) is 0.495.